The van der Waals surface area contributed by atoms with Gasteiger partial charge in [-0.3, -0.25) is 4.90 Å². The van der Waals surface area contributed by atoms with Gasteiger partial charge in [-0.2, -0.15) is 0 Å². The zero-order valence-corrected chi connectivity index (χ0v) is 13.2. The maximum absolute atomic E-state index is 11.6. The average molecular weight is 288 g/mol. The molecule has 19 heavy (non-hydrogen) atoms. The average Bonchev–Trinajstić information content (AvgIpc) is 2.38. The second-order valence-corrected chi connectivity index (χ2v) is 8.70. The van der Waals surface area contributed by atoms with Gasteiger partial charge in [-0.05, 0) is 25.2 Å². The smallest absolute Gasteiger partial charge is 0.150 e. The number of hydrogen-bond donors (Lipinski definition) is 1. The minimum atomic E-state index is -2.75. The zero-order chi connectivity index (χ0) is 14.0. The Morgan fingerprint density at radius 2 is 1.89 bits per heavy atom. The summed E-state index contributed by atoms with van der Waals surface area (Å²) in [5.74, 6) is 1.39. The van der Waals surface area contributed by atoms with E-state index in [1.165, 1.54) is 0 Å². The van der Waals surface area contributed by atoms with Crippen LogP contribution in [0.15, 0.2) is 0 Å². The highest BCUT2D eigenvalue weighted by Crippen LogP contribution is 2.24. The van der Waals surface area contributed by atoms with E-state index in [-0.39, 0.29) is 0 Å². The summed E-state index contributed by atoms with van der Waals surface area (Å²) in [6.45, 7) is 8.86. The van der Waals surface area contributed by atoms with Crippen molar-refractivity contribution in [2.24, 2.45) is 5.92 Å². The summed E-state index contributed by atoms with van der Waals surface area (Å²) < 4.78 is 23.1. The summed E-state index contributed by atoms with van der Waals surface area (Å²) in [5.41, 5.74) is 0. The fourth-order valence-electron chi connectivity index (χ4n) is 3.33. The van der Waals surface area contributed by atoms with Gasteiger partial charge in [-0.15, -0.1) is 0 Å². The van der Waals surface area contributed by atoms with Crippen molar-refractivity contribution in [3.05, 3.63) is 0 Å². The van der Waals surface area contributed by atoms with Crippen LogP contribution in [0.2, 0.25) is 0 Å². The Morgan fingerprint density at radius 3 is 2.42 bits per heavy atom. The molecule has 2 fully saturated rings. The third kappa shape index (κ3) is 3.70. The molecule has 112 valence electrons. The number of rotatable bonds is 3. The van der Waals surface area contributed by atoms with Gasteiger partial charge in [-0.25, -0.2) is 8.42 Å². The van der Waals surface area contributed by atoms with Crippen molar-refractivity contribution in [1.82, 2.24) is 10.2 Å². The highest BCUT2D eigenvalue weighted by molar-refractivity contribution is 7.91. The highest BCUT2D eigenvalue weighted by atomic mass is 32.2. The number of nitrogens with one attached hydrogen (secondary N) is 1. The topological polar surface area (TPSA) is 49.4 Å². The molecule has 2 heterocycles. The molecule has 2 saturated heterocycles. The molecule has 1 N–H and O–H groups in total. The van der Waals surface area contributed by atoms with E-state index in [4.69, 9.17) is 0 Å². The number of nitrogens with zero attached hydrogens (tertiary/aromatic N) is 1. The molecule has 0 amide bonds. The first-order valence-corrected chi connectivity index (χ1v) is 9.44. The molecular formula is C14H28N2O2S. The van der Waals surface area contributed by atoms with Gasteiger partial charge >= 0.3 is 0 Å². The van der Waals surface area contributed by atoms with E-state index in [1.807, 2.05) is 0 Å². The van der Waals surface area contributed by atoms with E-state index in [2.05, 4.69) is 31.0 Å². The van der Waals surface area contributed by atoms with Crippen molar-refractivity contribution in [2.45, 2.75) is 58.2 Å². The summed E-state index contributed by atoms with van der Waals surface area (Å²) in [4.78, 5) is 2.59. The standard InChI is InChI=1S/C14H28N2O2S/c1-4-12-9-15-14(11(2)3)10-16(12)13-5-7-19(17,18)8-6-13/h11-15H,4-10H2,1-3H3. The van der Waals surface area contributed by atoms with E-state index in [1.54, 1.807) is 0 Å². The second kappa shape index (κ2) is 6.10. The molecule has 0 saturated carbocycles. The van der Waals surface area contributed by atoms with E-state index in [0.29, 0.717) is 35.5 Å². The van der Waals surface area contributed by atoms with E-state index in [9.17, 15) is 8.42 Å². The van der Waals surface area contributed by atoms with Crippen molar-refractivity contribution < 1.29 is 8.42 Å². The van der Waals surface area contributed by atoms with E-state index in [0.717, 1.165) is 32.4 Å². The van der Waals surface area contributed by atoms with Crippen LogP contribution in [-0.4, -0.2) is 56.0 Å². The quantitative estimate of drug-likeness (QED) is 0.850. The largest absolute Gasteiger partial charge is 0.311 e. The van der Waals surface area contributed by atoms with Gasteiger partial charge in [-0.1, -0.05) is 20.8 Å². The minimum Gasteiger partial charge on any atom is -0.311 e. The van der Waals surface area contributed by atoms with Crippen molar-refractivity contribution in [1.29, 1.82) is 0 Å². The third-order valence-electron chi connectivity index (χ3n) is 4.76. The third-order valence-corrected chi connectivity index (χ3v) is 6.48. The maximum Gasteiger partial charge on any atom is 0.150 e. The van der Waals surface area contributed by atoms with Gasteiger partial charge in [0.1, 0.15) is 9.84 Å². The summed E-state index contributed by atoms with van der Waals surface area (Å²) in [5, 5.41) is 3.64. The predicted molar refractivity (Wildman–Crippen MR) is 79.1 cm³/mol. The Morgan fingerprint density at radius 1 is 1.26 bits per heavy atom. The highest BCUT2D eigenvalue weighted by Gasteiger charge is 2.35. The molecule has 2 atom stereocenters. The molecule has 0 radical (unpaired) electrons. The molecule has 2 unspecified atom stereocenters. The summed E-state index contributed by atoms with van der Waals surface area (Å²) >= 11 is 0. The van der Waals surface area contributed by atoms with Crippen LogP contribution in [0.5, 0.6) is 0 Å². The number of hydrogen-bond acceptors (Lipinski definition) is 4. The monoisotopic (exact) mass is 288 g/mol. The molecule has 0 aromatic rings. The summed E-state index contributed by atoms with van der Waals surface area (Å²) in [6, 6.07) is 1.58. The van der Waals surface area contributed by atoms with Gasteiger partial charge in [0, 0.05) is 31.2 Å². The molecule has 0 aliphatic carbocycles. The van der Waals surface area contributed by atoms with Crippen molar-refractivity contribution in [2.75, 3.05) is 24.6 Å². The van der Waals surface area contributed by atoms with E-state index < -0.39 is 9.84 Å². The van der Waals surface area contributed by atoms with Gasteiger partial charge in [0.15, 0.2) is 0 Å². The molecule has 2 rings (SSSR count). The molecule has 0 bridgehead atoms. The van der Waals surface area contributed by atoms with Gasteiger partial charge in [0.05, 0.1) is 11.5 Å². The second-order valence-electron chi connectivity index (χ2n) is 6.40. The molecule has 0 aromatic carbocycles. The number of sulfone groups is 1. The van der Waals surface area contributed by atoms with Crippen molar-refractivity contribution >= 4 is 9.84 Å². The lowest BCUT2D eigenvalue weighted by Crippen LogP contribution is -2.61. The first-order chi connectivity index (χ1) is 8.93. The number of piperazine rings is 1. The summed E-state index contributed by atoms with van der Waals surface area (Å²) in [7, 11) is -2.75. The fourth-order valence-corrected chi connectivity index (χ4v) is 4.79. The Hall–Kier alpha value is -0.130. The lowest BCUT2D eigenvalue weighted by molar-refractivity contribution is 0.0621. The lowest BCUT2D eigenvalue weighted by atomic mass is 9.95. The van der Waals surface area contributed by atoms with Crippen LogP contribution in [0.1, 0.15) is 40.0 Å². The van der Waals surface area contributed by atoms with Crippen LogP contribution in [0.25, 0.3) is 0 Å². The Bertz CT molecular complexity index is 380. The maximum atomic E-state index is 11.6. The Balaban J connectivity index is 2.02. The Kier molecular flexibility index (Phi) is 4.90. The van der Waals surface area contributed by atoms with Crippen LogP contribution in [-0.2, 0) is 9.84 Å². The van der Waals surface area contributed by atoms with Crippen LogP contribution in [0.4, 0.5) is 0 Å². The van der Waals surface area contributed by atoms with E-state index >= 15 is 0 Å². The SMILES string of the molecule is CCC1CNC(C(C)C)CN1C1CCS(=O)(=O)CC1. The normalized spacial score (nSPS) is 33.7. The molecule has 2 aliphatic heterocycles. The van der Waals surface area contributed by atoms with Crippen LogP contribution in [0.3, 0.4) is 0 Å². The lowest BCUT2D eigenvalue weighted by Gasteiger charge is -2.46. The van der Waals surface area contributed by atoms with Gasteiger partial charge < -0.3 is 5.32 Å². The molecular weight excluding hydrogens is 260 g/mol. The van der Waals surface area contributed by atoms with Crippen LogP contribution < -0.4 is 5.32 Å². The molecule has 0 spiro atoms. The van der Waals surface area contributed by atoms with Crippen LogP contribution in [0, 0.1) is 5.92 Å². The van der Waals surface area contributed by atoms with Crippen LogP contribution >= 0.6 is 0 Å². The molecule has 5 heteroatoms. The minimum absolute atomic E-state index is 0.379. The predicted octanol–water partition coefficient (Wildman–Crippen LogP) is 1.27. The molecule has 0 aromatic heterocycles. The fraction of sp³-hybridized carbons (Fsp3) is 1.00. The zero-order valence-electron chi connectivity index (χ0n) is 12.4. The van der Waals surface area contributed by atoms with Crippen molar-refractivity contribution in [3.63, 3.8) is 0 Å². The molecule has 2 aliphatic rings. The first kappa shape index (κ1) is 15.3. The van der Waals surface area contributed by atoms with Gasteiger partial charge in [0.25, 0.3) is 0 Å². The molecule has 4 nitrogen and oxygen atoms in total. The summed E-state index contributed by atoms with van der Waals surface area (Å²) in [6.07, 6.45) is 2.79. The van der Waals surface area contributed by atoms with Gasteiger partial charge in [0.2, 0.25) is 0 Å². The Labute approximate surface area is 117 Å². The van der Waals surface area contributed by atoms with Crippen molar-refractivity contribution in [3.8, 4) is 0 Å². The first-order valence-electron chi connectivity index (χ1n) is 7.62.